The van der Waals surface area contributed by atoms with E-state index >= 15 is 0 Å². The largest absolute Gasteiger partial charge is 0.495 e. The molecule has 0 unspecified atom stereocenters. The van der Waals surface area contributed by atoms with Crippen LogP contribution in [0.15, 0.2) is 52.7 Å². The normalized spacial score (nSPS) is 11.3. The summed E-state index contributed by atoms with van der Waals surface area (Å²) in [7, 11) is -0.267. The molecule has 176 valence electrons. The second-order valence-electron chi connectivity index (χ2n) is 7.29. The molecule has 1 amide bonds. The number of hydrogen-bond acceptors (Lipinski definition) is 8. The summed E-state index contributed by atoms with van der Waals surface area (Å²) in [6, 6.07) is 11.1. The van der Waals surface area contributed by atoms with Crippen molar-refractivity contribution in [3.63, 3.8) is 0 Å². The van der Waals surface area contributed by atoms with E-state index in [-0.39, 0.29) is 17.5 Å². The van der Waals surface area contributed by atoms with Crippen LogP contribution in [0.3, 0.4) is 0 Å². The van der Waals surface area contributed by atoms with Gasteiger partial charge in [0.1, 0.15) is 11.5 Å². The highest BCUT2D eigenvalue weighted by Crippen LogP contribution is 2.32. The molecule has 0 aliphatic heterocycles. The van der Waals surface area contributed by atoms with Gasteiger partial charge in [-0.25, -0.2) is 18.1 Å². The molecule has 2 aromatic carbocycles. The van der Waals surface area contributed by atoms with Crippen molar-refractivity contribution in [1.29, 1.82) is 0 Å². The highest BCUT2D eigenvalue weighted by molar-refractivity contribution is 7.89. The van der Waals surface area contributed by atoms with Crippen LogP contribution in [0.2, 0.25) is 0 Å². The number of rotatable bonds is 10. The molecule has 1 aromatic heterocycles. The smallest absolute Gasteiger partial charge is 0.262 e. The number of aromatic nitrogens is 1. The van der Waals surface area contributed by atoms with Crippen molar-refractivity contribution in [3.05, 3.63) is 47.8 Å². The number of thiazole rings is 1. The van der Waals surface area contributed by atoms with Crippen molar-refractivity contribution in [2.75, 3.05) is 31.4 Å². The van der Waals surface area contributed by atoms with E-state index in [0.29, 0.717) is 17.2 Å². The summed E-state index contributed by atoms with van der Waals surface area (Å²) in [5.74, 6) is 0.484. The summed E-state index contributed by atoms with van der Waals surface area (Å²) in [4.78, 5) is 17.1. The summed E-state index contributed by atoms with van der Waals surface area (Å²) in [5, 5.41) is 8.49. The quantitative estimate of drug-likeness (QED) is 0.398. The van der Waals surface area contributed by atoms with Gasteiger partial charge in [0.25, 0.3) is 5.91 Å². The Morgan fingerprint density at radius 3 is 2.48 bits per heavy atom. The van der Waals surface area contributed by atoms with E-state index in [2.05, 4.69) is 20.3 Å². The first-order valence-corrected chi connectivity index (χ1v) is 12.4. The minimum atomic E-state index is -3.59. The van der Waals surface area contributed by atoms with Crippen LogP contribution in [-0.2, 0) is 14.8 Å². The zero-order valence-corrected chi connectivity index (χ0v) is 20.3. The Bertz CT molecular complexity index is 1210. The fourth-order valence-electron chi connectivity index (χ4n) is 2.91. The Balaban J connectivity index is 1.65. The molecule has 0 bridgehead atoms. The third-order valence-electron chi connectivity index (χ3n) is 4.38. The molecule has 0 aliphatic carbocycles. The zero-order valence-electron chi connectivity index (χ0n) is 18.7. The molecule has 3 N–H and O–H groups in total. The van der Waals surface area contributed by atoms with Gasteiger partial charge in [0.2, 0.25) is 10.0 Å². The second-order valence-corrected chi connectivity index (χ2v) is 9.86. The maximum absolute atomic E-state index is 12.5. The third kappa shape index (κ3) is 6.44. The molecular weight excluding hydrogens is 464 g/mol. The molecule has 3 aromatic rings. The maximum atomic E-state index is 12.5. The lowest BCUT2D eigenvalue weighted by Gasteiger charge is -2.13. The van der Waals surface area contributed by atoms with E-state index in [1.807, 2.05) is 11.4 Å². The minimum absolute atomic E-state index is 0.123. The average Bonchev–Trinajstić information content (AvgIpc) is 3.26. The lowest BCUT2D eigenvalue weighted by molar-refractivity contribution is -0.118. The Labute approximate surface area is 197 Å². The van der Waals surface area contributed by atoms with Crippen molar-refractivity contribution in [1.82, 2.24) is 9.71 Å². The molecule has 0 radical (unpaired) electrons. The van der Waals surface area contributed by atoms with Crippen molar-refractivity contribution in [2.45, 2.75) is 24.8 Å². The lowest BCUT2D eigenvalue weighted by Crippen LogP contribution is -2.30. The van der Waals surface area contributed by atoms with Gasteiger partial charge in [-0.15, -0.1) is 11.3 Å². The molecule has 9 nitrogen and oxygen atoms in total. The third-order valence-corrected chi connectivity index (χ3v) is 6.92. The van der Waals surface area contributed by atoms with Gasteiger partial charge >= 0.3 is 0 Å². The predicted octanol–water partition coefficient (Wildman–Crippen LogP) is 3.56. The van der Waals surface area contributed by atoms with Crippen LogP contribution < -0.4 is 24.8 Å². The molecule has 0 spiro atoms. The Morgan fingerprint density at radius 1 is 1.15 bits per heavy atom. The van der Waals surface area contributed by atoms with Crippen molar-refractivity contribution in [2.24, 2.45) is 0 Å². The molecule has 1 heterocycles. The maximum Gasteiger partial charge on any atom is 0.262 e. The highest BCUT2D eigenvalue weighted by Gasteiger charge is 2.16. The van der Waals surface area contributed by atoms with E-state index in [1.54, 1.807) is 33.0 Å². The molecule has 0 aliphatic rings. The number of hydrogen-bond donors (Lipinski definition) is 3. The monoisotopic (exact) mass is 490 g/mol. The number of amides is 1. The molecule has 0 saturated heterocycles. The van der Waals surface area contributed by atoms with Crippen LogP contribution in [0.1, 0.15) is 13.8 Å². The molecule has 0 atom stereocenters. The number of carbonyl (C=O) groups is 1. The predicted molar refractivity (Wildman–Crippen MR) is 130 cm³/mol. The van der Waals surface area contributed by atoms with Gasteiger partial charge in [-0.05, 0) is 56.3 Å². The fourth-order valence-corrected chi connectivity index (χ4v) is 4.85. The molecule has 0 saturated carbocycles. The minimum Gasteiger partial charge on any atom is -0.495 e. The van der Waals surface area contributed by atoms with Gasteiger partial charge in [-0.2, -0.15) is 0 Å². The van der Waals surface area contributed by atoms with Crippen LogP contribution in [0.25, 0.3) is 11.3 Å². The molecule has 3 rings (SSSR count). The number of nitrogens with zero attached hydrogens (tertiary/aromatic N) is 1. The van der Waals surface area contributed by atoms with Gasteiger partial charge in [0.05, 0.1) is 23.4 Å². The summed E-state index contributed by atoms with van der Waals surface area (Å²) in [5.41, 5.74) is 2.10. The van der Waals surface area contributed by atoms with Crippen molar-refractivity contribution in [3.8, 4) is 22.8 Å². The molecule has 33 heavy (non-hydrogen) atoms. The topological polar surface area (TPSA) is 119 Å². The van der Waals surface area contributed by atoms with Crippen LogP contribution in [0.4, 0.5) is 10.8 Å². The van der Waals surface area contributed by atoms with Crippen LogP contribution in [0.5, 0.6) is 11.5 Å². The van der Waals surface area contributed by atoms with Crippen molar-refractivity contribution < 1.29 is 22.7 Å². The first kappa shape index (κ1) is 24.5. The number of carbonyl (C=O) groups excluding carboxylic acids is 1. The summed E-state index contributed by atoms with van der Waals surface area (Å²) in [6.07, 6.45) is 0. The van der Waals surface area contributed by atoms with E-state index in [4.69, 9.17) is 9.47 Å². The summed E-state index contributed by atoms with van der Waals surface area (Å²) >= 11 is 1.48. The Kier molecular flexibility index (Phi) is 7.90. The molecular formula is C22H26N4O5S2. The van der Waals surface area contributed by atoms with E-state index in [0.717, 1.165) is 16.4 Å². The summed E-state index contributed by atoms with van der Waals surface area (Å²) < 4.78 is 37.8. The van der Waals surface area contributed by atoms with Gasteiger partial charge in [-0.3, -0.25) is 4.79 Å². The van der Waals surface area contributed by atoms with Gasteiger partial charge in [0.15, 0.2) is 11.7 Å². The zero-order chi connectivity index (χ0) is 24.0. The van der Waals surface area contributed by atoms with Gasteiger partial charge in [0, 0.05) is 24.0 Å². The number of nitrogens with one attached hydrogen (secondary N) is 3. The van der Waals surface area contributed by atoms with E-state index in [9.17, 15) is 13.2 Å². The fraction of sp³-hybridized carbons (Fsp3) is 0.273. The summed E-state index contributed by atoms with van der Waals surface area (Å²) in [6.45, 7) is 3.23. The highest BCUT2D eigenvalue weighted by atomic mass is 32.2. The first-order chi connectivity index (χ1) is 15.7. The van der Waals surface area contributed by atoms with E-state index in [1.165, 1.54) is 42.7 Å². The van der Waals surface area contributed by atoms with Crippen molar-refractivity contribution >= 4 is 38.1 Å². The molecule has 11 heteroatoms. The van der Waals surface area contributed by atoms with E-state index < -0.39 is 15.9 Å². The SMILES string of the molecule is CNc1nc(-c2ccc(OC)c(NC(=O)COc3ccc(S(=O)(=O)NC(C)C)cc3)c2)cs1. The number of benzene rings is 2. The average molecular weight is 491 g/mol. The van der Waals surface area contributed by atoms with Crippen LogP contribution in [-0.4, -0.2) is 46.1 Å². The standard InChI is InChI=1S/C22H26N4O5S2/c1-14(2)26-33(28,29)17-8-6-16(7-9-17)31-12-21(27)24-18-11-15(5-10-20(18)30-4)19-13-32-22(23-3)25-19/h5-11,13-14,26H,12H2,1-4H3,(H,23,25)(H,24,27). The number of ether oxygens (including phenoxy) is 2. The second kappa shape index (κ2) is 10.6. The van der Waals surface area contributed by atoms with Crippen LogP contribution in [0, 0.1) is 0 Å². The molecule has 0 fully saturated rings. The van der Waals surface area contributed by atoms with Gasteiger partial charge < -0.3 is 20.1 Å². The van der Waals surface area contributed by atoms with Crippen LogP contribution >= 0.6 is 11.3 Å². The first-order valence-electron chi connectivity index (χ1n) is 10.1. The van der Waals surface area contributed by atoms with Gasteiger partial charge in [-0.1, -0.05) is 0 Å². The number of sulfonamides is 1. The number of methoxy groups -OCH3 is 1. The Hall–Kier alpha value is -3.15. The lowest BCUT2D eigenvalue weighted by atomic mass is 10.1. The Morgan fingerprint density at radius 2 is 1.88 bits per heavy atom. The number of anilines is 2.